The molecule has 0 spiro atoms. The summed E-state index contributed by atoms with van der Waals surface area (Å²) in [6.45, 7) is 1.47. The normalized spacial score (nSPS) is 11.5. The van der Waals surface area contributed by atoms with Gasteiger partial charge in [-0.15, -0.1) is 0 Å². The number of aromatic nitrogens is 2. The highest BCUT2D eigenvalue weighted by Gasteiger charge is 2.29. The molecule has 2 heterocycles. The molecule has 0 saturated heterocycles. The first-order valence-corrected chi connectivity index (χ1v) is 12.2. The number of pyridine rings is 2. The molecule has 206 valence electrons. The van der Waals surface area contributed by atoms with E-state index < -0.39 is 23.6 Å². The number of aliphatic hydroxyl groups is 1. The second kappa shape index (κ2) is 11.9. The van der Waals surface area contributed by atoms with Crippen LogP contribution in [-0.4, -0.2) is 39.7 Å². The summed E-state index contributed by atoms with van der Waals surface area (Å²) in [7, 11) is 0. The van der Waals surface area contributed by atoms with Crippen molar-refractivity contribution in [2.75, 3.05) is 17.7 Å². The number of rotatable bonds is 8. The Morgan fingerprint density at radius 3 is 2.55 bits per heavy atom. The average Bonchev–Trinajstić information content (AvgIpc) is 2.91. The minimum Gasteiger partial charge on any atom is -0.455 e. The molecule has 0 fully saturated rings. The van der Waals surface area contributed by atoms with Gasteiger partial charge < -0.3 is 26.2 Å². The van der Waals surface area contributed by atoms with Gasteiger partial charge in [-0.1, -0.05) is 11.6 Å². The molecule has 0 unspecified atom stereocenters. The Balaban J connectivity index is 1.56. The van der Waals surface area contributed by atoms with E-state index in [9.17, 15) is 23.9 Å². The molecule has 2 aromatic carbocycles. The largest absolute Gasteiger partial charge is 0.455 e. The molecule has 1 amide bonds. The third-order valence-corrected chi connectivity index (χ3v) is 5.97. The molecule has 10 nitrogen and oxygen atoms in total. The molecule has 0 aliphatic carbocycles. The number of hydrogen-bond acceptors (Lipinski definition) is 7. The van der Waals surface area contributed by atoms with E-state index in [1.165, 1.54) is 42.6 Å². The van der Waals surface area contributed by atoms with Crippen LogP contribution >= 0.6 is 11.6 Å². The minimum absolute atomic E-state index is 0.0248. The van der Waals surface area contributed by atoms with Crippen LogP contribution in [0.25, 0.3) is 11.3 Å². The number of halogens is 3. The number of nitrogens with one attached hydrogen (secondary N) is 3. The molecular formula is C27H24ClF2N6O4+. The fourth-order valence-electron chi connectivity index (χ4n) is 3.70. The van der Waals surface area contributed by atoms with E-state index in [0.717, 1.165) is 24.3 Å². The number of amidine groups is 1. The maximum absolute atomic E-state index is 14.5. The first kappa shape index (κ1) is 28.2. The van der Waals surface area contributed by atoms with Crippen molar-refractivity contribution in [3.8, 4) is 22.8 Å². The Morgan fingerprint density at radius 2 is 1.88 bits per heavy atom. The zero-order valence-electron chi connectivity index (χ0n) is 21.0. The summed E-state index contributed by atoms with van der Waals surface area (Å²) in [5.41, 5.74) is 5.90. The lowest BCUT2D eigenvalue weighted by Gasteiger charge is -2.18. The quantitative estimate of drug-likeness (QED) is 0.0806. The molecule has 2 aromatic heterocycles. The SMILES string of the molecule is C[C@H](CO)NC(=N)c1c(Oc2ccc(NC(=O)c3ccc(F)c(-c4ccc(F)cc4)[n+]3O)cc2Cl)ccnc1N. The van der Waals surface area contributed by atoms with Gasteiger partial charge in [0.05, 0.1) is 17.2 Å². The number of amides is 1. The van der Waals surface area contributed by atoms with Crippen molar-refractivity contribution >= 4 is 34.8 Å². The molecule has 4 aromatic rings. The predicted octanol–water partition coefficient (Wildman–Crippen LogP) is 4.13. The van der Waals surface area contributed by atoms with Crippen LogP contribution < -0.4 is 25.8 Å². The summed E-state index contributed by atoms with van der Waals surface area (Å²) in [6.07, 6.45) is 1.40. The Labute approximate surface area is 232 Å². The molecule has 0 aliphatic heterocycles. The molecule has 0 radical (unpaired) electrons. The van der Waals surface area contributed by atoms with Gasteiger partial charge in [0.25, 0.3) is 0 Å². The number of benzene rings is 2. The summed E-state index contributed by atoms with van der Waals surface area (Å²) in [4.78, 5) is 16.9. The summed E-state index contributed by atoms with van der Waals surface area (Å²) in [6, 6.07) is 12.3. The van der Waals surface area contributed by atoms with Crippen molar-refractivity contribution in [1.29, 1.82) is 5.41 Å². The van der Waals surface area contributed by atoms with Gasteiger partial charge in [-0.05, 0) is 55.5 Å². The Hall–Kier alpha value is -4.81. The molecule has 40 heavy (non-hydrogen) atoms. The van der Waals surface area contributed by atoms with Crippen molar-refractivity contribution in [2.45, 2.75) is 13.0 Å². The van der Waals surface area contributed by atoms with Crippen LogP contribution in [0.4, 0.5) is 20.3 Å². The fraction of sp³-hybridized carbons (Fsp3) is 0.111. The zero-order valence-corrected chi connectivity index (χ0v) is 21.7. The molecule has 13 heteroatoms. The number of nitrogens with two attached hydrogens (primary N) is 1. The molecule has 1 atom stereocenters. The maximum atomic E-state index is 14.5. The van der Waals surface area contributed by atoms with E-state index >= 15 is 0 Å². The third kappa shape index (κ3) is 6.08. The molecule has 0 aliphatic rings. The molecule has 4 rings (SSSR count). The topological polar surface area (TPSA) is 157 Å². The van der Waals surface area contributed by atoms with E-state index in [4.69, 9.17) is 27.5 Å². The highest BCUT2D eigenvalue weighted by atomic mass is 35.5. The molecular weight excluding hydrogens is 546 g/mol. The second-order valence-corrected chi connectivity index (χ2v) is 9.01. The lowest BCUT2D eigenvalue weighted by molar-refractivity contribution is -0.897. The standard InChI is InChI=1S/C27H23ClF2N6O4/c1-14(13-37)34-26(32)23-22(10-11-33-25(23)31)40-21-9-6-17(12-18(21)28)35-27(38)20-8-7-19(30)24(36(20)39)15-2-4-16(29)5-3-15/h2-12,14,37H,13H2,1H3,(H5-,31,32,33,34,35,38,39)/p+1/t14-/m1/s1. The predicted molar refractivity (Wildman–Crippen MR) is 144 cm³/mol. The van der Waals surface area contributed by atoms with E-state index in [1.54, 1.807) is 6.92 Å². The van der Waals surface area contributed by atoms with Crippen molar-refractivity contribution in [3.63, 3.8) is 0 Å². The fourth-order valence-corrected chi connectivity index (χ4v) is 3.92. The Kier molecular flexibility index (Phi) is 8.41. The number of hydrogen-bond donors (Lipinski definition) is 6. The van der Waals surface area contributed by atoms with Gasteiger partial charge in [0.1, 0.15) is 34.5 Å². The van der Waals surface area contributed by atoms with E-state index in [1.807, 2.05) is 0 Å². The van der Waals surface area contributed by atoms with E-state index in [-0.39, 0.29) is 63.0 Å². The highest BCUT2D eigenvalue weighted by Crippen LogP contribution is 2.34. The molecule has 0 saturated carbocycles. The summed E-state index contributed by atoms with van der Waals surface area (Å²) in [5.74, 6) is -1.88. The van der Waals surface area contributed by atoms with E-state index in [2.05, 4.69) is 15.6 Å². The van der Waals surface area contributed by atoms with Crippen LogP contribution in [0.15, 0.2) is 66.9 Å². The van der Waals surface area contributed by atoms with Crippen LogP contribution in [0, 0.1) is 17.0 Å². The average molecular weight is 570 g/mol. The van der Waals surface area contributed by atoms with Gasteiger partial charge in [-0.2, -0.15) is 4.39 Å². The van der Waals surface area contributed by atoms with Crippen molar-refractivity contribution < 1.29 is 33.4 Å². The number of carbonyl (C=O) groups is 1. The Morgan fingerprint density at radius 1 is 1.15 bits per heavy atom. The zero-order chi connectivity index (χ0) is 29.0. The number of aliphatic hydroxyl groups excluding tert-OH is 1. The van der Waals surface area contributed by atoms with Gasteiger partial charge in [0.2, 0.25) is 0 Å². The van der Waals surface area contributed by atoms with Crippen LogP contribution in [0.5, 0.6) is 11.5 Å². The lowest BCUT2D eigenvalue weighted by Crippen LogP contribution is -2.42. The number of nitrogens with zero attached hydrogens (tertiary/aromatic N) is 2. The summed E-state index contributed by atoms with van der Waals surface area (Å²) >= 11 is 6.40. The first-order valence-electron chi connectivity index (χ1n) is 11.8. The van der Waals surface area contributed by atoms with Gasteiger partial charge in [0, 0.05) is 34.8 Å². The van der Waals surface area contributed by atoms with E-state index in [0.29, 0.717) is 4.73 Å². The van der Waals surface area contributed by atoms with Crippen LogP contribution in [-0.2, 0) is 0 Å². The van der Waals surface area contributed by atoms with Crippen molar-refractivity contribution in [1.82, 2.24) is 10.3 Å². The molecule has 0 bridgehead atoms. The van der Waals surface area contributed by atoms with Crippen LogP contribution in [0.2, 0.25) is 5.02 Å². The first-order chi connectivity index (χ1) is 19.1. The van der Waals surface area contributed by atoms with Crippen molar-refractivity contribution in [2.24, 2.45) is 0 Å². The summed E-state index contributed by atoms with van der Waals surface area (Å²) in [5, 5.41) is 33.6. The van der Waals surface area contributed by atoms with Crippen molar-refractivity contribution in [3.05, 3.63) is 94.8 Å². The highest BCUT2D eigenvalue weighted by molar-refractivity contribution is 6.32. The minimum atomic E-state index is -0.819. The number of anilines is 2. The maximum Gasteiger partial charge on any atom is 0.325 e. The number of nitrogen functional groups attached to an aromatic ring is 1. The monoisotopic (exact) mass is 569 g/mol. The Bertz CT molecular complexity index is 1590. The lowest BCUT2D eigenvalue weighted by atomic mass is 10.1. The molecule has 7 N–H and O–H groups in total. The number of carbonyl (C=O) groups excluding carboxylic acids is 1. The van der Waals surface area contributed by atoms with Gasteiger partial charge in [0.15, 0.2) is 5.82 Å². The third-order valence-electron chi connectivity index (χ3n) is 5.67. The number of ether oxygens (including phenoxy) is 1. The van der Waals surface area contributed by atoms with Gasteiger partial charge in [-0.25, -0.2) is 9.37 Å². The van der Waals surface area contributed by atoms with Crippen LogP contribution in [0.3, 0.4) is 0 Å². The van der Waals surface area contributed by atoms with Gasteiger partial charge >= 0.3 is 17.3 Å². The summed E-state index contributed by atoms with van der Waals surface area (Å²) < 4.78 is 34.1. The smallest absolute Gasteiger partial charge is 0.325 e. The van der Waals surface area contributed by atoms with Gasteiger partial charge in [-0.3, -0.25) is 15.4 Å². The second-order valence-electron chi connectivity index (χ2n) is 8.61. The van der Waals surface area contributed by atoms with Crippen LogP contribution in [0.1, 0.15) is 23.0 Å².